The van der Waals surface area contributed by atoms with E-state index in [9.17, 15) is 0 Å². The molecule has 0 unspecified atom stereocenters. The Hall–Kier alpha value is -2.95. The summed E-state index contributed by atoms with van der Waals surface area (Å²) in [6, 6.07) is 0. The van der Waals surface area contributed by atoms with Gasteiger partial charge in [0.1, 0.15) is 11.5 Å². The van der Waals surface area contributed by atoms with Crippen molar-refractivity contribution in [1.82, 2.24) is 10.3 Å². The molecule has 2 rings (SSSR count). The molecule has 1 aromatic rings. The summed E-state index contributed by atoms with van der Waals surface area (Å²) in [5.41, 5.74) is 7.12. The standard InChI is InChI=1S/C23H30N4O/c1-8-9-18(13-24-6)17(5)26-21-12-19-20(16(4)11-10-15(2)3)14-25-23(28-7)22(19)27-21/h9-11,13-14H,5,8,12H2,1-4,6-7H3,(H,26,27)/b16-11+,18-9+,24-13-. The average molecular weight is 379 g/mol. The minimum atomic E-state index is 0.538. The fraction of sp³-hybridized carbons (Fsp3) is 0.348. The number of aromatic nitrogens is 1. The second-order valence-corrected chi connectivity index (χ2v) is 6.90. The van der Waals surface area contributed by atoms with Crippen molar-refractivity contribution in [2.75, 3.05) is 14.2 Å². The number of nitrogens with one attached hydrogen (secondary N) is 1. The largest absolute Gasteiger partial charge is 0.479 e. The topological polar surface area (TPSA) is 58.9 Å². The summed E-state index contributed by atoms with van der Waals surface area (Å²) < 4.78 is 5.44. The number of fused-ring (bicyclic) bond motifs is 1. The second kappa shape index (κ2) is 9.83. The molecule has 1 aromatic heterocycles. The zero-order chi connectivity index (χ0) is 20.7. The van der Waals surface area contributed by atoms with Crippen molar-refractivity contribution < 1.29 is 4.74 Å². The van der Waals surface area contributed by atoms with E-state index in [0.29, 0.717) is 12.3 Å². The Bertz CT molecular complexity index is 897. The second-order valence-electron chi connectivity index (χ2n) is 6.90. The molecular formula is C23H30N4O. The van der Waals surface area contributed by atoms with Gasteiger partial charge in [-0.15, -0.1) is 0 Å². The molecule has 1 N–H and O–H groups in total. The molecule has 0 amide bonds. The SMILES string of the molecule is C=C(NC1=Nc2c(OC)ncc(/C(C)=C/C=C(C)C)c2C1)C(/C=N\C)=C/CC. The third kappa shape index (κ3) is 5.06. The van der Waals surface area contributed by atoms with Crippen LogP contribution in [0.2, 0.25) is 0 Å². The fourth-order valence-corrected chi connectivity index (χ4v) is 2.96. The molecule has 5 heteroatoms. The van der Waals surface area contributed by atoms with Crippen LogP contribution in [0.3, 0.4) is 0 Å². The molecule has 0 saturated heterocycles. The lowest BCUT2D eigenvalue weighted by Crippen LogP contribution is -2.23. The smallest absolute Gasteiger partial charge is 0.240 e. The molecule has 0 atom stereocenters. The van der Waals surface area contributed by atoms with Gasteiger partial charge < -0.3 is 10.1 Å². The third-order valence-electron chi connectivity index (χ3n) is 4.34. The van der Waals surface area contributed by atoms with Crippen LogP contribution in [-0.4, -0.2) is 31.2 Å². The van der Waals surface area contributed by atoms with E-state index in [1.807, 2.05) is 6.20 Å². The summed E-state index contributed by atoms with van der Waals surface area (Å²) in [4.78, 5) is 13.3. The van der Waals surface area contributed by atoms with Crippen molar-refractivity contribution in [2.24, 2.45) is 9.98 Å². The van der Waals surface area contributed by atoms with Gasteiger partial charge in [-0.25, -0.2) is 9.98 Å². The highest BCUT2D eigenvalue weighted by atomic mass is 16.5. The van der Waals surface area contributed by atoms with Crippen molar-refractivity contribution in [3.63, 3.8) is 0 Å². The maximum absolute atomic E-state index is 5.44. The van der Waals surface area contributed by atoms with Crippen LogP contribution in [0.5, 0.6) is 5.88 Å². The summed E-state index contributed by atoms with van der Waals surface area (Å²) in [7, 11) is 3.37. The number of nitrogens with zero attached hydrogens (tertiary/aromatic N) is 3. The lowest BCUT2D eigenvalue weighted by atomic mass is 9.99. The number of hydrogen-bond acceptors (Lipinski definition) is 5. The first-order valence-corrected chi connectivity index (χ1v) is 9.45. The van der Waals surface area contributed by atoms with E-state index in [0.717, 1.165) is 45.9 Å². The summed E-state index contributed by atoms with van der Waals surface area (Å²) in [5, 5.41) is 3.34. The zero-order valence-corrected chi connectivity index (χ0v) is 17.8. The van der Waals surface area contributed by atoms with E-state index in [-0.39, 0.29) is 0 Å². The Morgan fingerprint density at radius 2 is 2.07 bits per heavy atom. The van der Waals surface area contributed by atoms with E-state index in [1.54, 1.807) is 20.4 Å². The number of rotatable bonds is 7. The Labute approximate surface area is 168 Å². The quantitative estimate of drug-likeness (QED) is 0.525. The highest BCUT2D eigenvalue weighted by molar-refractivity contribution is 5.98. The van der Waals surface area contributed by atoms with Gasteiger partial charge in [0.15, 0.2) is 0 Å². The molecule has 0 fully saturated rings. The van der Waals surface area contributed by atoms with Crippen LogP contribution in [0, 0.1) is 0 Å². The van der Waals surface area contributed by atoms with Gasteiger partial charge in [0.2, 0.25) is 5.88 Å². The molecule has 0 aliphatic carbocycles. The molecule has 5 nitrogen and oxygen atoms in total. The maximum atomic E-state index is 5.44. The van der Waals surface area contributed by atoms with Gasteiger partial charge in [0.25, 0.3) is 0 Å². The van der Waals surface area contributed by atoms with E-state index in [4.69, 9.17) is 9.73 Å². The molecule has 0 saturated carbocycles. The van der Waals surface area contributed by atoms with Crippen LogP contribution in [-0.2, 0) is 6.42 Å². The first-order chi connectivity index (χ1) is 13.4. The minimum Gasteiger partial charge on any atom is -0.479 e. The third-order valence-corrected chi connectivity index (χ3v) is 4.34. The van der Waals surface area contributed by atoms with Crippen molar-refractivity contribution in [1.29, 1.82) is 0 Å². The van der Waals surface area contributed by atoms with Crippen LogP contribution >= 0.6 is 0 Å². The van der Waals surface area contributed by atoms with Gasteiger partial charge in [-0.05, 0) is 38.3 Å². The zero-order valence-electron chi connectivity index (χ0n) is 17.8. The first-order valence-electron chi connectivity index (χ1n) is 9.45. The normalized spacial score (nSPS) is 14.0. The number of allylic oxidation sites excluding steroid dienone is 6. The number of hydrogen-bond donors (Lipinski definition) is 1. The van der Waals surface area contributed by atoms with Gasteiger partial charge in [0, 0.05) is 42.7 Å². The highest BCUT2D eigenvalue weighted by Crippen LogP contribution is 2.38. The molecule has 0 radical (unpaired) electrons. The molecule has 28 heavy (non-hydrogen) atoms. The van der Waals surface area contributed by atoms with Gasteiger partial charge >= 0.3 is 0 Å². The van der Waals surface area contributed by atoms with Crippen molar-refractivity contribution in [2.45, 2.75) is 40.5 Å². The molecule has 0 bridgehead atoms. The van der Waals surface area contributed by atoms with Crippen LogP contribution in [0.15, 0.2) is 57.8 Å². The van der Waals surface area contributed by atoms with Gasteiger partial charge in [-0.1, -0.05) is 37.3 Å². The summed E-state index contributed by atoms with van der Waals surface area (Å²) in [6.45, 7) is 12.5. The molecule has 0 aromatic carbocycles. The van der Waals surface area contributed by atoms with Crippen LogP contribution < -0.4 is 10.1 Å². The van der Waals surface area contributed by atoms with Crippen molar-refractivity contribution >= 4 is 23.3 Å². The van der Waals surface area contributed by atoms with Gasteiger partial charge in [0.05, 0.1) is 7.11 Å². The predicted molar refractivity (Wildman–Crippen MR) is 120 cm³/mol. The van der Waals surface area contributed by atoms with Crippen LogP contribution in [0.25, 0.3) is 5.57 Å². The highest BCUT2D eigenvalue weighted by Gasteiger charge is 2.24. The summed E-state index contributed by atoms with van der Waals surface area (Å²) in [5.74, 6) is 1.37. The number of pyridine rings is 1. The maximum Gasteiger partial charge on any atom is 0.240 e. The molecule has 2 heterocycles. The monoisotopic (exact) mass is 378 g/mol. The van der Waals surface area contributed by atoms with Gasteiger partial charge in [-0.3, -0.25) is 4.99 Å². The number of methoxy groups -OCH3 is 1. The van der Waals surface area contributed by atoms with Crippen molar-refractivity contribution in [3.8, 4) is 5.88 Å². The molecule has 148 valence electrons. The first kappa shape index (κ1) is 21.4. The minimum absolute atomic E-state index is 0.538. The van der Waals surface area contributed by atoms with Crippen LogP contribution in [0.1, 0.15) is 45.2 Å². The lowest BCUT2D eigenvalue weighted by molar-refractivity contribution is 0.399. The predicted octanol–water partition coefficient (Wildman–Crippen LogP) is 5.19. The van der Waals surface area contributed by atoms with E-state index in [1.165, 1.54) is 5.57 Å². The summed E-state index contributed by atoms with van der Waals surface area (Å²) >= 11 is 0. The van der Waals surface area contributed by atoms with Crippen LogP contribution in [0.4, 0.5) is 5.69 Å². The average Bonchev–Trinajstić information content (AvgIpc) is 3.08. The van der Waals surface area contributed by atoms with E-state index in [2.05, 4.69) is 67.8 Å². The van der Waals surface area contributed by atoms with Gasteiger partial charge in [-0.2, -0.15) is 0 Å². The Morgan fingerprint density at radius 1 is 1.32 bits per heavy atom. The van der Waals surface area contributed by atoms with E-state index < -0.39 is 0 Å². The Morgan fingerprint density at radius 3 is 2.68 bits per heavy atom. The fourth-order valence-electron chi connectivity index (χ4n) is 2.96. The van der Waals surface area contributed by atoms with E-state index >= 15 is 0 Å². The Balaban J connectivity index is 2.35. The van der Waals surface area contributed by atoms with Crippen molar-refractivity contribution in [3.05, 3.63) is 59.0 Å². The molecule has 1 aliphatic heterocycles. The molecular weight excluding hydrogens is 348 g/mol. The lowest BCUT2D eigenvalue weighted by Gasteiger charge is -2.11. The Kier molecular flexibility index (Phi) is 7.50. The molecule has 1 aliphatic rings. The number of ether oxygens (including phenoxy) is 1. The number of aliphatic imine (C=N–C) groups is 2. The molecule has 0 spiro atoms. The summed E-state index contributed by atoms with van der Waals surface area (Å²) in [6.07, 6.45) is 11.6. The number of amidine groups is 1.